The van der Waals surface area contributed by atoms with Crippen molar-refractivity contribution < 1.29 is 14.3 Å². The molecule has 1 saturated heterocycles. The molecule has 0 spiro atoms. The maximum atomic E-state index is 12.8. The minimum atomic E-state index is -0.285. The highest BCUT2D eigenvalue weighted by atomic mass is 35.5. The average molecular weight is 514 g/mol. The van der Waals surface area contributed by atoms with E-state index in [0.717, 1.165) is 39.3 Å². The Morgan fingerprint density at radius 3 is 2.70 bits per heavy atom. The van der Waals surface area contributed by atoms with E-state index >= 15 is 0 Å². The normalized spacial score (nSPS) is 14.3. The maximum absolute atomic E-state index is 12.8. The second-order valence-electron chi connectivity index (χ2n) is 7.97. The molecule has 1 fully saturated rings. The Bertz CT molecular complexity index is 950. The number of benzene rings is 1. The van der Waals surface area contributed by atoms with Gasteiger partial charge in [-0.05, 0) is 45.0 Å². The van der Waals surface area contributed by atoms with Gasteiger partial charge in [-0.3, -0.25) is 9.69 Å². The van der Waals surface area contributed by atoms with Crippen LogP contribution in [0.25, 0.3) is 0 Å². The molecule has 1 aliphatic heterocycles. The van der Waals surface area contributed by atoms with Crippen molar-refractivity contribution in [3.63, 3.8) is 0 Å². The first kappa shape index (κ1) is 25.7. The Kier molecular flexibility index (Phi) is 9.76. The molecule has 1 aromatic carbocycles. The van der Waals surface area contributed by atoms with E-state index in [9.17, 15) is 9.59 Å². The zero-order valence-electron chi connectivity index (χ0n) is 18.8. The summed E-state index contributed by atoms with van der Waals surface area (Å²) in [5.74, 6) is -0.198. The third kappa shape index (κ3) is 7.82. The largest absolute Gasteiger partial charge is 0.379 e. The topological polar surface area (TPSA) is 86.8 Å². The number of thiazole rings is 1. The summed E-state index contributed by atoms with van der Waals surface area (Å²) in [7, 11) is 0. The monoisotopic (exact) mass is 513 g/mol. The molecule has 0 aliphatic carbocycles. The van der Waals surface area contributed by atoms with Crippen molar-refractivity contribution in [1.29, 1.82) is 0 Å². The molecule has 2 N–H and O–H groups in total. The minimum absolute atomic E-state index is 0.0749. The molecular weight excluding hydrogens is 485 g/mol. The van der Waals surface area contributed by atoms with Gasteiger partial charge in [0.2, 0.25) is 0 Å². The number of carbonyl (C=O) groups excluding carboxylic acids is 2. The van der Waals surface area contributed by atoms with Crippen LogP contribution in [0, 0.1) is 0 Å². The molecule has 3 amide bonds. The Morgan fingerprint density at radius 2 is 2.00 bits per heavy atom. The van der Waals surface area contributed by atoms with Gasteiger partial charge in [0.25, 0.3) is 5.91 Å². The molecule has 2 heterocycles. The van der Waals surface area contributed by atoms with Gasteiger partial charge >= 0.3 is 6.03 Å². The van der Waals surface area contributed by atoms with Crippen molar-refractivity contribution in [2.45, 2.75) is 32.9 Å². The van der Waals surface area contributed by atoms with Crippen LogP contribution in [0.15, 0.2) is 23.6 Å². The molecule has 0 bridgehead atoms. The first-order valence-corrected chi connectivity index (χ1v) is 12.5. The van der Waals surface area contributed by atoms with Gasteiger partial charge in [0.15, 0.2) is 0 Å². The van der Waals surface area contributed by atoms with Gasteiger partial charge in [-0.15, -0.1) is 11.3 Å². The number of nitrogens with zero attached hydrogens (tertiary/aromatic N) is 3. The second kappa shape index (κ2) is 12.5. The Balaban J connectivity index is 1.50. The summed E-state index contributed by atoms with van der Waals surface area (Å²) in [6.45, 7) is 9.08. The van der Waals surface area contributed by atoms with Gasteiger partial charge in [0.1, 0.15) is 10.7 Å². The number of nitrogens with one attached hydrogen (secondary N) is 2. The third-order valence-electron chi connectivity index (χ3n) is 5.19. The zero-order valence-corrected chi connectivity index (χ0v) is 21.1. The number of rotatable bonds is 9. The average Bonchev–Trinajstić information content (AvgIpc) is 3.27. The maximum Gasteiger partial charge on any atom is 0.322 e. The van der Waals surface area contributed by atoms with Crippen LogP contribution in [-0.2, 0) is 11.3 Å². The number of hydrogen-bond acceptors (Lipinski definition) is 6. The van der Waals surface area contributed by atoms with Gasteiger partial charge in [0.05, 0.1) is 29.8 Å². The summed E-state index contributed by atoms with van der Waals surface area (Å²) in [5.41, 5.74) is 0.923. The predicted molar refractivity (Wildman–Crippen MR) is 132 cm³/mol. The van der Waals surface area contributed by atoms with Crippen LogP contribution in [0.5, 0.6) is 0 Å². The van der Waals surface area contributed by atoms with Crippen molar-refractivity contribution in [1.82, 2.24) is 20.1 Å². The number of morpholine rings is 1. The molecule has 33 heavy (non-hydrogen) atoms. The summed E-state index contributed by atoms with van der Waals surface area (Å²) in [6.07, 6.45) is 0.874. The van der Waals surface area contributed by atoms with Gasteiger partial charge < -0.3 is 20.3 Å². The number of aromatic nitrogens is 1. The molecule has 1 aromatic heterocycles. The number of anilines is 1. The molecule has 0 saturated carbocycles. The van der Waals surface area contributed by atoms with Crippen LogP contribution in [0.2, 0.25) is 10.0 Å². The smallest absolute Gasteiger partial charge is 0.322 e. The number of halogens is 2. The van der Waals surface area contributed by atoms with E-state index in [-0.39, 0.29) is 18.0 Å². The Hall–Kier alpha value is -1.91. The first-order chi connectivity index (χ1) is 15.8. The van der Waals surface area contributed by atoms with Crippen LogP contribution in [0.1, 0.15) is 35.8 Å². The lowest BCUT2D eigenvalue weighted by atomic mass is 10.3. The van der Waals surface area contributed by atoms with E-state index in [1.165, 1.54) is 11.3 Å². The lowest BCUT2D eigenvalue weighted by Gasteiger charge is -2.26. The molecule has 11 heteroatoms. The summed E-state index contributed by atoms with van der Waals surface area (Å²) in [6, 6.07) is 4.56. The second-order valence-corrected chi connectivity index (χ2v) is 9.73. The van der Waals surface area contributed by atoms with Gasteiger partial charge in [-0.2, -0.15) is 0 Å². The van der Waals surface area contributed by atoms with E-state index in [1.54, 1.807) is 28.5 Å². The quantitative estimate of drug-likeness (QED) is 0.486. The highest BCUT2D eigenvalue weighted by molar-refractivity contribution is 7.09. The lowest BCUT2D eigenvalue weighted by molar-refractivity contribution is 0.0374. The van der Waals surface area contributed by atoms with Crippen molar-refractivity contribution in [2.24, 2.45) is 0 Å². The molecule has 1 aliphatic rings. The number of hydrogen-bond donors (Lipinski definition) is 2. The molecule has 0 radical (unpaired) electrons. The Morgan fingerprint density at radius 1 is 1.24 bits per heavy atom. The molecular formula is C22H29Cl2N5O3S. The first-order valence-electron chi connectivity index (χ1n) is 10.9. The van der Waals surface area contributed by atoms with Gasteiger partial charge in [-0.25, -0.2) is 9.78 Å². The van der Waals surface area contributed by atoms with Gasteiger partial charge in [0, 0.05) is 36.7 Å². The van der Waals surface area contributed by atoms with E-state index < -0.39 is 0 Å². The molecule has 180 valence electrons. The van der Waals surface area contributed by atoms with Crippen molar-refractivity contribution in [2.75, 3.05) is 44.7 Å². The fourth-order valence-electron chi connectivity index (χ4n) is 3.31. The highest BCUT2D eigenvalue weighted by Crippen LogP contribution is 2.25. The van der Waals surface area contributed by atoms with Crippen molar-refractivity contribution in [3.05, 3.63) is 44.3 Å². The van der Waals surface area contributed by atoms with Crippen molar-refractivity contribution >= 4 is 52.2 Å². The zero-order chi connectivity index (χ0) is 23.8. The van der Waals surface area contributed by atoms with Crippen LogP contribution in [0.3, 0.4) is 0 Å². The molecule has 0 unspecified atom stereocenters. The van der Waals surface area contributed by atoms with E-state index in [0.29, 0.717) is 39.5 Å². The summed E-state index contributed by atoms with van der Waals surface area (Å²) in [5, 5.41) is 8.96. The summed E-state index contributed by atoms with van der Waals surface area (Å²) < 4.78 is 5.34. The third-order valence-corrected chi connectivity index (χ3v) is 6.76. The molecule has 3 rings (SSSR count). The fraction of sp³-hybridized carbons (Fsp3) is 0.500. The number of urea groups is 1. The van der Waals surface area contributed by atoms with E-state index in [2.05, 4.69) is 20.5 Å². The standard InChI is InChI=1S/C22H29Cl2N5O3S/c1-15(2)29(22(31)26-16-4-5-17(23)18(24)12-16)13-20-27-19(14-33-20)21(30)25-6-3-7-28-8-10-32-11-9-28/h4-5,12,14-15H,3,6-11,13H2,1-2H3,(H,25,30)(H,26,31). The van der Waals surface area contributed by atoms with Crippen LogP contribution < -0.4 is 10.6 Å². The predicted octanol–water partition coefficient (Wildman–Crippen LogP) is 4.34. The summed E-state index contributed by atoms with van der Waals surface area (Å²) in [4.78, 5) is 33.7. The number of amides is 3. The minimum Gasteiger partial charge on any atom is -0.379 e. The number of ether oxygens (including phenoxy) is 1. The van der Waals surface area contributed by atoms with E-state index in [1.807, 2.05) is 13.8 Å². The SMILES string of the molecule is CC(C)N(Cc1nc(C(=O)NCCCN2CCOCC2)cs1)C(=O)Nc1ccc(Cl)c(Cl)c1. The van der Waals surface area contributed by atoms with Gasteiger partial charge in [-0.1, -0.05) is 23.2 Å². The lowest BCUT2D eigenvalue weighted by Crippen LogP contribution is -2.39. The molecule has 2 aromatic rings. The van der Waals surface area contributed by atoms with Crippen LogP contribution in [0.4, 0.5) is 10.5 Å². The molecule has 8 nitrogen and oxygen atoms in total. The fourth-order valence-corrected chi connectivity index (χ4v) is 4.38. The van der Waals surface area contributed by atoms with Crippen LogP contribution in [-0.4, -0.2) is 72.2 Å². The summed E-state index contributed by atoms with van der Waals surface area (Å²) >= 11 is 13.3. The highest BCUT2D eigenvalue weighted by Gasteiger charge is 2.20. The van der Waals surface area contributed by atoms with E-state index in [4.69, 9.17) is 27.9 Å². The molecule has 0 atom stereocenters. The van der Waals surface area contributed by atoms with Crippen molar-refractivity contribution in [3.8, 4) is 0 Å². The number of carbonyl (C=O) groups is 2. The Labute approximate surface area is 208 Å². The van der Waals surface area contributed by atoms with Crippen LogP contribution >= 0.6 is 34.5 Å².